The summed E-state index contributed by atoms with van der Waals surface area (Å²) in [4.78, 5) is 16.0. The van der Waals surface area contributed by atoms with Crippen molar-refractivity contribution in [2.75, 3.05) is 14.2 Å². The SMILES string of the molecule is COc1ccc(/C=C/c2cc(C(=O)O)c3ccccc3n2)cc1OC. The first kappa shape index (κ1) is 16.5. The van der Waals surface area contributed by atoms with Crippen molar-refractivity contribution in [1.29, 1.82) is 0 Å². The van der Waals surface area contributed by atoms with Crippen LogP contribution in [0.25, 0.3) is 23.1 Å². The Hall–Kier alpha value is -3.34. The summed E-state index contributed by atoms with van der Waals surface area (Å²) in [5.41, 5.74) is 2.35. The number of rotatable bonds is 5. The van der Waals surface area contributed by atoms with Gasteiger partial charge in [0.15, 0.2) is 11.5 Å². The largest absolute Gasteiger partial charge is 0.493 e. The van der Waals surface area contributed by atoms with Crippen LogP contribution in [-0.4, -0.2) is 30.3 Å². The van der Waals surface area contributed by atoms with E-state index in [0.717, 1.165) is 5.56 Å². The first-order valence-corrected chi connectivity index (χ1v) is 7.65. The van der Waals surface area contributed by atoms with E-state index in [1.54, 1.807) is 44.6 Å². The highest BCUT2D eigenvalue weighted by atomic mass is 16.5. The number of aromatic nitrogens is 1. The van der Waals surface area contributed by atoms with Gasteiger partial charge in [-0.1, -0.05) is 30.3 Å². The number of carboxylic acids is 1. The number of carboxylic acid groups (broad SMARTS) is 1. The van der Waals surface area contributed by atoms with Crippen molar-refractivity contribution in [2.24, 2.45) is 0 Å². The van der Waals surface area contributed by atoms with E-state index in [9.17, 15) is 9.90 Å². The molecule has 2 aromatic carbocycles. The van der Waals surface area contributed by atoms with Crippen molar-refractivity contribution in [3.05, 3.63) is 65.4 Å². The molecule has 0 saturated heterocycles. The summed E-state index contributed by atoms with van der Waals surface area (Å²) in [7, 11) is 3.16. The monoisotopic (exact) mass is 335 g/mol. The molecule has 0 amide bonds. The molecule has 0 spiro atoms. The van der Waals surface area contributed by atoms with E-state index >= 15 is 0 Å². The van der Waals surface area contributed by atoms with Crippen LogP contribution < -0.4 is 9.47 Å². The molecule has 0 aliphatic carbocycles. The predicted molar refractivity (Wildman–Crippen MR) is 97.2 cm³/mol. The first-order valence-electron chi connectivity index (χ1n) is 7.65. The molecule has 0 aliphatic rings. The standard InChI is InChI=1S/C20H17NO4/c1-24-18-10-8-13(11-19(18)25-2)7-9-14-12-16(20(22)23)15-5-3-4-6-17(15)21-14/h3-12H,1-2H3,(H,22,23)/b9-7+. The number of pyridine rings is 1. The van der Waals surface area contributed by atoms with Crippen LogP contribution in [0.1, 0.15) is 21.6 Å². The second-order valence-corrected chi connectivity index (χ2v) is 5.36. The molecular formula is C20H17NO4. The highest BCUT2D eigenvalue weighted by Gasteiger charge is 2.10. The summed E-state index contributed by atoms with van der Waals surface area (Å²) >= 11 is 0. The average Bonchev–Trinajstić information content (AvgIpc) is 2.65. The smallest absolute Gasteiger partial charge is 0.336 e. The average molecular weight is 335 g/mol. The minimum atomic E-state index is -0.973. The van der Waals surface area contributed by atoms with Crippen molar-refractivity contribution < 1.29 is 19.4 Å². The zero-order chi connectivity index (χ0) is 17.8. The molecule has 0 bridgehead atoms. The van der Waals surface area contributed by atoms with Gasteiger partial charge in [-0.25, -0.2) is 9.78 Å². The number of ether oxygens (including phenoxy) is 2. The van der Waals surface area contributed by atoms with Gasteiger partial charge in [0.1, 0.15) is 0 Å². The maximum absolute atomic E-state index is 11.5. The molecule has 0 unspecified atom stereocenters. The zero-order valence-corrected chi connectivity index (χ0v) is 13.9. The number of para-hydroxylation sites is 1. The summed E-state index contributed by atoms with van der Waals surface area (Å²) in [5, 5.41) is 10.1. The number of fused-ring (bicyclic) bond motifs is 1. The predicted octanol–water partition coefficient (Wildman–Crippen LogP) is 4.12. The van der Waals surface area contributed by atoms with Gasteiger partial charge in [-0.2, -0.15) is 0 Å². The third kappa shape index (κ3) is 3.45. The Bertz CT molecular complexity index is 963. The highest BCUT2D eigenvalue weighted by molar-refractivity contribution is 6.03. The normalized spacial score (nSPS) is 11.0. The molecule has 3 rings (SSSR count). The molecule has 0 fully saturated rings. The van der Waals surface area contributed by atoms with Crippen LogP contribution in [0.3, 0.4) is 0 Å². The van der Waals surface area contributed by atoms with Crippen LogP contribution in [0.5, 0.6) is 11.5 Å². The lowest BCUT2D eigenvalue weighted by atomic mass is 10.1. The van der Waals surface area contributed by atoms with Crippen LogP contribution in [0, 0.1) is 0 Å². The van der Waals surface area contributed by atoms with Gasteiger partial charge in [0.2, 0.25) is 0 Å². The molecular weight excluding hydrogens is 318 g/mol. The molecule has 1 heterocycles. The van der Waals surface area contributed by atoms with Gasteiger partial charge in [0, 0.05) is 5.39 Å². The van der Waals surface area contributed by atoms with Crippen molar-refractivity contribution in [3.63, 3.8) is 0 Å². The third-order valence-electron chi connectivity index (χ3n) is 3.82. The summed E-state index contributed by atoms with van der Waals surface area (Å²) in [5.74, 6) is 0.304. The maximum Gasteiger partial charge on any atom is 0.336 e. The van der Waals surface area contributed by atoms with Crippen LogP contribution in [0.4, 0.5) is 0 Å². The lowest BCUT2D eigenvalue weighted by Crippen LogP contribution is -2.00. The highest BCUT2D eigenvalue weighted by Crippen LogP contribution is 2.28. The number of benzene rings is 2. The molecule has 25 heavy (non-hydrogen) atoms. The molecule has 126 valence electrons. The van der Waals surface area contributed by atoms with Crippen molar-refractivity contribution in [1.82, 2.24) is 4.98 Å². The molecule has 1 N–H and O–H groups in total. The fraction of sp³-hybridized carbons (Fsp3) is 0.100. The molecule has 0 radical (unpaired) electrons. The lowest BCUT2D eigenvalue weighted by Gasteiger charge is -2.07. The van der Waals surface area contributed by atoms with Gasteiger partial charge in [-0.15, -0.1) is 0 Å². The summed E-state index contributed by atoms with van der Waals surface area (Å²) in [6.45, 7) is 0. The van der Waals surface area contributed by atoms with E-state index in [1.807, 2.05) is 30.3 Å². The van der Waals surface area contributed by atoms with E-state index in [0.29, 0.717) is 28.1 Å². The molecule has 5 nitrogen and oxygen atoms in total. The number of methoxy groups -OCH3 is 2. The Morgan fingerprint density at radius 2 is 1.76 bits per heavy atom. The van der Waals surface area contributed by atoms with Crippen LogP contribution in [-0.2, 0) is 0 Å². The van der Waals surface area contributed by atoms with Gasteiger partial charge in [0.05, 0.1) is 31.0 Å². The fourth-order valence-electron chi connectivity index (χ4n) is 2.60. The second-order valence-electron chi connectivity index (χ2n) is 5.36. The Morgan fingerprint density at radius 1 is 1.00 bits per heavy atom. The van der Waals surface area contributed by atoms with E-state index < -0.39 is 5.97 Å². The number of hydrogen-bond acceptors (Lipinski definition) is 4. The topological polar surface area (TPSA) is 68.7 Å². The number of aromatic carboxylic acids is 1. The van der Waals surface area contributed by atoms with E-state index in [2.05, 4.69) is 4.98 Å². The summed E-state index contributed by atoms with van der Waals surface area (Å²) < 4.78 is 10.5. The first-order chi connectivity index (χ1) is 12.1. The van der Waals surface area contributed by atoms with Crippen LogP contribution in [0.2, 0.25) is 0 Å². The molecule has 0 saturated carbocycles. The van der Waals surface area contributed by atoms with Gasteiger partial charge >= 0.3 is 5.97 Å². The van der Waals surface area contributed by atoms with Crippen LogP contribution >= 0.6 is 0 Å². The van der Waals surface area contributed by atoms with Crippen molar-refractivity contribution >= 4 is 29.0 Å². The Labute approximate surface area is 145 Å². The van der Waals surface area contributed by atoms with Crippen LogP contribution in [0.15, 0.2) is 48.5 Å². The van der Waals surface area contributed by atoms with E-state index in [4.69, 9.17) is 9.47 Å². The van der Waals surface area contributed by atoms with E-state index in [-0.39, 0.29) is 5.56 Å². The number of carbonyl (C=O) groups is 1. The number of hydrogen-bond donors (Lipinski definition) is 1. The minimum absolute atomic E-state index is 0.234. The zero-order valence-electron chi connectivity index (χ0n) is 13.9. The van der Waals surface area contributed by atoms with Gasteiger partial charge < -0.3 is 14.6 Å². The van der Waals surface area contributed by atoms with Gasteiger partial charge in [-0.05, 0) is 35.9 Å². The van der Waals surface area contributed by atoms with Crippen molar-refractivity contribution in [3.8, 4) is 11.5 Å². The molecule has 0 atom stereocenters. The van der Waals surface area contributed by atoms with Gasteiger partial charge in [-0.3, -0.25) is 0 Å². The quantitative estimate of drug-likeness (QED) is 0.759. The Morgan fingerprint density at radius 3 is 2.48 bits per heavy atom. The van der Waals surface area contributed by atoms with Crippen molar-refractivity contribution in [2.45, 2.75) is 0 Å². The third-order valence-corrected chi connectivity index (χ3v) is 3.82. The Balaban J connectivity index is 2.00. The summed E-state index contributed by atoms with van der Waals surface area (Å²) in [6.07, 6.45) is 3.63. The maximum atomic E-state index is 11.5. The molecule has 1 aromatic heterocycles. The van der Waals surface area contributed by atoms with Gasteiger partial charge in [0.25, 0.3) is 0 Å². The summed E-state index contributed by atoms with van der Waals surface area (Å²) in [6, 6.07) is 14.3. The Kier molecular flexibility index (Phi) is 4.66. The lowest BCUT2D eigenvalue weighted by molar-refractivity contribution is 0.0699. The number of nitrogens with zero attached hydrogens (tertiary/aromatic N) is 1. The second kappa shape index (κ2) is 7.05. The molecule has 0 aliphatic heterocycles. The minimum Gasteiger partial charge on any atom is -0.493 e. The van der Waals surface area contributed by atoms with E-state index in [1.165, 1.54) is 0 Å². The fourth-order valence-corrected chi connectivity index (χ4v) is 2.60. The molecule has 3 aromatic rings. The molecule has 5 heteroatoms.